The Morgan fingerprint density at radius 3 is 2.89 bits per heavy atom. The minimum absolute atomic E-state index is 0.128. The maximum Gasteiger partial charge on any atom is 0.349 e. The number of amides is 1. The normalized spacial score (nSPS) is 17.6. The van der Waals surface area contributed by atoms with Crippen molar-refractivity contribution in [2.75, 3.05) is 6.61 Å². The van der Waals surface area contributed by atoms with Crippen LogP contribution in [-0.2, 0) is 22.5 Å². The number of nitrogens with zero attached hydrogens (tertiary/aromatic N) is 3. The van der Waals surface area contributed by atoms with E-state index in [1.807, 2.05) is 0 Å². The largest absolute Gasteiger partial charge is 0.451 e. The van der Waals surface area contributed by atoms with E-state index >= 15 is 0 Å². The number of nitrogens with one attached hydrogen (secondary N) is 1. The van der Waals surface area contributed by atoms with Gasteiger partial charge in [-0.25, -0.2) is 9.78 Å². The first-order valence-electron chi connectivity index (χ1n) is 9.26. The van der Waals surface area contributed by atoms with Gasteiger partial charge in [-0.2, -0.15) is 5.26 Å². The summed E-state index contributed by atoms with van der Waals surface area (Å²) in [5.74, 6) is -0.289. The highest BCUT2D eigenvalue weighted by molar-refractivity contribution is 7.20. The lowest BCUT2D eigenvalue weighted by molar-refractivity contribution is -0.125. The Bertz CT molecular complexity index is 1090. The van der Waals surface area contributed by atoms with Crippen LogP contribution < -0.4 is 10.9 Å². The number of hydrogen-bond donors (Lipinski definition) is 1. The fourth-order valence-electron chi connectivity index (χ4n) is 3.67. The van der Waals surface area contributed by atoms with Crippen molar-refractivity contribution >= 4 is 33.4 Å². The number of ether oxygens (including phenoxy) is 1. The Balaban J connectivity index is 1.50. The minimum atomic E-state index is -0.934. The third-order valence-corrected chi connectivity index (χ3v) is 6.62. The van der Waals surface area contributed by atoms with Crippen molar-refractivity contribution in [1.82, 2.24) is 14.9 Å². The van der Waals surface area contributed by atoms with Crippen LogP contribution in [0.5, 0.6) is 0 Å². The van der Waals surface area contributed by atoms with Gasteiger partial charge in [0.2, 0.25) is 0 Å². The molecule has 1 fully saturated rings. The summed E-state index contributed by atoms with van der Waals surface area (Å²) < 4.78 is 6.80. The van der Waals surface area contributed by atoms with E-state index in [0.717, 1.165) is 42.8 Å². The first-order valence-corrected chi connectivity index (χ1v) is 10.1. The predicted molar refractivity (Wildman–Crippen MR) is 102 cm³/mol. The fraction of sp³-hybridized carbons (Fsp3) is 0.526. The average molecular weight is 400 g/mol. The molecule has 0 radical (unpaired) electrons. The highest BCUT2D eigenvalue weighted by Gasteiger charge is 2.43. The van der Waals surface area contributed by atoms with Gasteiger partial charge >= 0.3 is 5.97 Å². The molecule has 2 aromatic rings. The smallest absolute Gasteiger partial charge is 0.349 e. The van der Waals surface area contributed by atoms with E-state index in [1.54, 1.807) is 18.4 Å². The van der Waals surface area contributed by atoms with Gasteiger partial charge in [0.1, 0.15) is 21.1 Å². The number of rotatable bonds is 5. The number of thiophene rings is 1. The molecule has 9 heteroatoms. The van der Waals surface area contributed by atoms with Gasteiger partial charge < -0.3 is 10.1 Å². The van der Waals surface area contributed by atoms with Crippen LogP contribution in [0.3, 0.4) is 0 Å². The number of aryl methyl sites for hydroxylation is 2. The molecular formula is C19H20N4O4S. The van der Waals surface area contributed by atoms with Crippen LogP contribution >= 0.6 is 11.3 Å². The average Bonchev–Trinajstić information content (AvgIpc) is 3.34. The maximum absolute atomic E-state index is 12.7. The summed E-state index contributed by atoms with van der Waals surface area (Å²) in [6.45, 7) is 3.55. The van der Waals surface area contributed by atoms with Gasteiger partial charge in [0, 0.05) is 13.0 Å². The summed E-state index contributed by atoms with van der Waals surface area (Å²) in [5.41, 5.74) is -0.530. The molecule has 0 bridgehead atoms. The molecule has 2 aliphatic rings. The zero-order valence-electron chi connectivity index (χ0n) is 15.7. The number of nitriles is 1. The summed E-state index contributed by atoms with van der Waals surface area (Å²) in [5, 5.41) is 12.4. The molecular weight excluding hydrogens is 380 g/mol. The second-order valence-electron chi connectivity index (χ2n) is 7.54. The van der Waals surface area contributed by atoms with Crippen molar-refractivity contribution < 1.29 is 14.3 Å². The molecule has 0 aromatic carbocycles. The molecule has 28 heavy (non-hydrogen) atoms. The number of aromatic nitrogens is 2. The minimum Gasteiger partial charge on any atom is -0.451 e. The van der Waals surface area contributed by atoms with Crippen LogP contribution in [0.15, 0.2) is 4.79 Å². The van der Waals surface area contributed by atoms with Gasteiger partial charge in [0.15, 0.2) is 6.61 Å². The van der Waals surface area contributed by atoms with Crippen molar-refractivity contribution in [3.05, 3.63) is 26.6 Å². The Hall–Kier alpha value is -2.73. The van der Waals surface area contributed by atoms with Crippen LogP contribution in [0.1, 0.15) is 47.2 Å². The molecule has 1 aliphatic heterocycles. The molecule has 2 aromatic heterocycles. The Labute approximate surface area is 165 Å². The lowest BCUT2D eigenvalue weighted by Crippen LogP contribution is -2.48. The molecule has 8 nitrogen and oxygen atoms in total. The molecule has 146 valence electrons. The summed E-state index contributed by atoms with van der Waals surface area (Å²) >= 11 is 1.11. The van der Waals surface area contributed by atoms with E-state index < -0.39 is 24.0 Å². The van der Waals surface area contributed by atoms with E-state index in [4.69, 9.17) is 4.74 Å². The second kappa shape index (κ2) is 6.71. The lowest BCUT2D eigenvalue weighted by Gasteiger charge is -2.22. The molecule has 1 amide bonds. The first kappa shape index (κ1) is 18.6. The van der Waals surface area contributed by atoms with Gasteiger partial charge in [-0.05, 0) is 44.6 Å². The maximum atomic E-state index is 12.7. The summed E-state index contributed by atoms with van der Waals surface area (Å²) in [7, 11) is 0. The van der Waals surface area contributed by atoms with Crippen LogP contribution in [0.25, 0.3) is 10.2 Å². The van der Waals surface area contributed by atoms with Crippen LogP contribution in [0.4, 0.5) is 0 Å². The topological polar surface area (TPSA) is 114 Å². The van der Waals surface area contributed by atoms with E-state index in [-0.39, 0.29) is 16.4 Å². The fourth-order valence-corrected chi connectivity index (χ4v) is 4.76. The molecule has 1 N–H and O–H groups in total. The zero-order valence-corrected chi connectivity index (χ0v) is 16.5. The van der Waals surface area contributed by atoms with E-state index in [2.05, 4.69) is 16.4 Å². The third kappa shape index (κ3) is 3.07. The standard InChI is InChI=1S/C19H20N4O4S/c1-10-14-16(21-12-4-3-7-23(12)17(14)25)28-15(10)18(26)27-8-13(24)22-19(2,9-20)11-5-6-11/h11H,3-8H2,1-2H3,(H,22,24)/t19-/m1/s1. The van der Waals surface area contributed by atoms with Crippen molar-refractivity contribution in [1.29, 1.82) is 5.26 Å². The Kier molecular flexibility index (Phi) is 4.46. The summed E-state index contributed by atoms with van der Waals surface area (Å²) in [6.07, 6.45) is 3.45. The highest BCUT2D eigenvalue weighted by atomic mass is 32.1. The summed E-state index contributed by atoms with van der Waals surface area (Å²) in [6, 6.07) is 2.13. The molecule has 0 saturated heterocycles. The SMILES string of the molecule is Cc1c(C(=O)OCC(=O)N[C@](C)(C#N)C2CC2)sc2nc3n(c(=O)c12)CCC3. The quantitative estimate of drug-likeness (QED) is 0.764. The van der Waals surface area contributed by atoms with Crippen molar-refractivity contribution in [3.63, 3.8) is 0 Å². The lowest BCUT2D eigenvalue weighted by atomic mass is 9.98. The van der Waals surface area contributed by atoms with Crippen molar-refractivity contribution in [3.8, 4) is 6.07 Å². The van der Waals surface area contributed by atoms with Crippen LogP contribution in [-0.4, -0.2) is 33.6 Å². The first-order chi connectivity index (χ1) is 13.3. The molecule has 1 aliphatic carbocycles. The van der Waals surface area contributed by atoms with E-state index in [9.17, 15) is 19.6 Å². The molecule has 1 saturated carbocycles. The monoisotopic (exact) mass is 400 g/mol. The Morgan fingerprint density at radius 1 is 1.46 bits per heavy atom. The molecule has 3 heterocycles. The zero-order chi connectivity index (χ0) is 20.1. The number of hydrogen-bond acceptors (Lipinski definition) is 7. The van der Waals surface area contributed by atoms with Crippen LogP contribution in [0, 0.1) is 24.2 Å². The van der Waals surface area contributed by atoms with Crippen molar-refractivity contribution in [2.24, 2.45) is 5.92 Å². The van der Waals surface area contributed by atoms with Crippen molar-refractivity contribution in [2.45, 2.75) is 51.6 Å². The van der Waals surface area contributed by atoms with Gasteiger partial charge in [-0.15, -0.1) is 11.3 Å². The number of fused-ring (bicyclic) bond motifs is 2. The number of carbonyl (C=O) groups is 2. The van der Waals surface area contributed by atoms with Gasteiger partial charge in [-0.1, -0.05) is 0 Å². The second-order valence-corrected chi connectivity index (χ2v) is 8.54. The van der Waals surface area contributed by atoms with E-state index in [1.165, 1.54) is 0 Å². The Morgan fingerprint density at radius 2 is 2.21 bits per heavy atom. The molecule has 1 atom stereocenters. The van der Waals surface area contributed by atoms with Crippen LogP contribution in [0.2, 0.25) is 0 Å². The summed E-state index contributed by atoms with van der Waals surface area (Å²) in [4.78, 5) is 42.6. The predicted octanol–water partition coefficient (Wildman–Crippen LogP) is 1.68. The third-order valence-electron chi connectivity index (χ3n) is 5.46. The van der Waals surface area contributed by atoms with Gasteiger partial charge in [0.25, 0.3) is 11.5 Å². The number of carbonyl (C=O) groups excluding carboxylic acids is 2. The molecule has 0 unspecified atom stereocenters. The number of esters is 1. The van der Waals surface area contributed by atoms with Gasteiger partial charge in [0.05, 0.1) is 11.5 Å². The molecule has 0 spiro atoms. The van der Waals surface area contributed by atoms with E-state index in [0.29, 0.717) is 22.3 Å². The molecule has 4 rings (SSSR count). The van der Waals surface area contributed by atoms with Gasteiger partial charge in [-0.3, -0.25) is 14.2 Å². The highest BCUT2D eigenvalue weighted by Crippen LogP contribution is 2.39.